The molecule has 0 aliphatic carbocycles. The Kier molecular flexibility index (Phi) is 3.76. The average Bonchev–Trinajstić information content (AvgIpc) is 2.35. The molecule has 0 fully saturated rings. The minimum atomic E-state index is -0.0858. The number of carbonyl (C=O) groups is 1. The van der Waals surface area contributed by atoms with E-state index in [0.717, 1.165) is 15.2 Å². The van der Waals surface area contributed by atoms with Crippen LogP contribution >= 0.6 is 15.9 Å². The van der Waals surface area contributed by atoms with Crippen molar-refractivity contribution < 1.29 is 4.79 Å². The minimum Gasteiger partial charge on any atom is -0.351 e. The van der Waals surface area contributed by atoms with E-state index >= 15 is 0 Å². The SMILES string of the molecule is NCCNC(=O)c1ccc2ccc(Br)cc2c1. The van der Waals surface area contributed by atoms with Gasteiger partial charge in [0.25, 0.3) is 5.91 Å². The van der Waals surface area contributed by atoms with Crippen LogP contribution < -0.4 is 11.1 Å². The maximum absolute atomic E-state index is 11.8. The van der Waals surface area contributed by atoms with Crippen molar-refractivity contribution in [3.63, 3.8) is 0 Å². The van der Waals surface area contributed by atoms with E-state index in [2.05, 4.69) is 21.2 Å². The summed E-state index contributed by atoms with van der Waals surface area (Å²) in [5, 5.41) is 4.91. The molecular formula is C13H13BrN2O. The first kappa shape index (κ1) is 12.1. The van der Waals surface area contributed by atoms with Crippen LogP contribution in [0.25, 0.3) is 10.8 Å². The van der Waals surface area contributed by atoms with Gasteiger partial charge in [-0.1, -0.05) is 28.1 Å². The molecule has 0 aliphatic rings. The molecule has 0 aliphatic heterocycles. The first-order valence-corrected chi connectivity index (χ1v) is 6.17. The fourth-order valence-electron chi connectivity index (χ4n) is 1.65. The Bertz CT molecular complexity index is 554. The van der Waals surface area contributed by atoms with Crippen LogP contribution in [0.2, 0.25) is 0 Å². The second-order valence-electron chi connectivity index (χ2n) is 3.75. The first-order chi connectivity index (χ1) is 8.20. The molecule has 0 unspecified atom stereocenters. The topological polar surface area (TPSA) is 55.1 Å². The Morgan fingerprint density at radius 1 is 1.18 bits per heavy atom. The van der Waals surface area contributed by atoms with E-state index in [-0.39, 0.29) is 5.91 Å². The summed E-state index contributed by atoms with van der Waals surface area (Å²) < 4.78 is 1.00. The lowest BCUT2D eigenvalue weighted by atomic mass is 10.1. The second-order valence-corrected chi connectivity index (χ2v) is 4.67. The highest BCUT2D eigenvalue weighted by molar-refractivity contribution is 9.10. The molecular weight excluding hydrogens is 280 g/mol. The zero-order chi connectivity index (χ0) is 12.3. The number of benzene rings is 2. The summed E-state index contributed by atoms with van der Waals surface area (Å²) in [6.07, 6.45) is 0. The summed E-state index contributed by atoms with van der Waals surface area (Å²) in [6.45, 7) is 0.945. The lowest BCUT2D eigenvalue weighted by molar-refractivity contribution is 0.0955. The molecule has 3 nitrogen and oxygen atoms in total. The summed E-state index contributed by atoms with van der Waals surface area (Å²) in [7, 11) is 0. The maximum atomic E-state index is 11.8. The number of rotatable bonds is 3. The summed E-state index contributed by atoms with van der Waals surface area (Å²) >= 11 is 3.42. The highest BCUT2D eigenvalue weighted by atomic mass is 79.9. The lowest BCUT2D eigenvalue weighted by Crippen LogP contribution is -2.28. The predicted molar refractivity (Wildman–Crippen MR) is 73.0 cm³/mol. The van der Waals surface area contributed by atoms with Crippen LogP contribution in [-0.4, -0.2) is 19.0 Å². The Morgan fingerprint density at radius 3 is 2.71 bits per heavy atom. The first-order valence-electron chi connectivity index (χ1n) is 5.38. The van der Waals surface area contributed by atoms with Gasteiger partial charge in [0, 0.05) is 23.1 Å². The quantitative estimate of drug-likeness (QED) is 0.912. The number of halogens is 1. The standard InChI is InChI=1S/C13H13BrN2O/c14-12-4-3-9-1-2-10(7-11(9)8-12)13(17)16-6-5-15/h1-4,7-8H,5-6,15H2,(H,16,17). The van der Waals surface area contributed by atoms with Gasteiger partial charge in [-0.2, -0.15) is 0 Å². The van der Waals surface area contributed by atoms with Crippen molar-refractivity contribution in [2.75, 3.05) is 13.1 Å². The number of nitrogens with two attached hydrogens (primary N) is 1. The Balaban J connectivity index is 2.33. The smallest absolute Gasteiger partial charge is 0.251 e. The highest BCUT2D eigenvalue weighted by Crippen LogP contribution is 2.20. The van der Waals surface area contributed by atoms with Crippen molar-refractivity contribution in [1.82, 2.24) is 5.32 Å². The van der Waals surface area contributed by atoms with Gasteiger partial charge < -0.3 is 11.1 Å². The van der Waals surface area contributed by atoms with Crippen molar-refractivity contribution in [3.05, 3.63) is 46.4 Å². The van der Waals surface area contributed by atoms with Crippen LogP contribution in [0, 0.1) is 0 Å². The molecule has 0 bridgehead atoms. The van der Waals surface area contributed by atoms with Gasteiger partial charge in [0.2, 0.25) is 0 Å². The van der Waals surface area contributed by atoms with Crippen LogP contribution in [0.4, 0.5) is 0 Å². The van der Waals surface area contributed by atoms with Gasteiger partial charge in [-0.15, -0.1) is 0 Å². The van der Waals surface area contributed by atoms with Gasteiger partial charge in [-0.3, -0.25) is 4.79 Å². The number of hydrogen-bond acceptors (Lipinski definition) is 2. The largest absolute Gasteiger partial charge is 0.351 e. The third-order valence-corrected chi connectivity index (χ3v) is 2.99. The number of amides is 1. The molecule has 1 amide bonds. The maximum Gasteiger partial charge on any atom is 0.251 e. The summed E-state index contributed by atoms with van der Waals surface area (Å²) in [5.74, 6) is -0.0858. The number of nitrogens with one attached hydrogen (secondary N) is 1. The van der Waals surface area contributed by atoms with E-state index in [1.807, 2.05) is 36.4 Å². The zero-order valence-corrected chi connectivity index (χ0v) is 10.8. The summed E-state index contributed by atoms with van der Waals surface area (Å²) in [4.78, 5) is 11.8. The van der Waals surface area contributed by atoms with Gasteiger partial charge in [0.15, 0.2) is 0 Å². The molecule has 88 valence electrons. The van der Waals surface area contributed by atoms with Gasteiger partial charge in [0.05, 0.1) is 0 Å². The molecule has 0 aromatic heterocycles. The van der Waals surface area contributed by atoms with E-state index in [1.165, 1.54) is 0 Å². The van der Waals surface area contributed by atoms with Crippen LogP contribution in [0.15, 0.2) is 40.9 Å². The van der Waals surface area contributed by atoms with E-state index in [4.69, 9.17) is 5.73 Å². The molecule has 2 aromatic carbocycles. The van der Waals surface area contributed by atoms with E-state index in [0.29, 0.717) is 18.7 Å². The van der Waals surface area contributed by atoms with Crippen molar-refractivity contribution in [1.29, 1.82) is 0 Å². The molecule has 0 spiro atoms. The predicted octanol–water partition coefficient (Wildman–Crippen LogP) is 2.29. The van der Waals surface area contributed by atoms with Gasteiger partial charge in [0.1, 0.15) is 0 Å². The van der Waals surface area contributed by atoms with Crippen molar-refractivity contribution in [2.45, 2.75) is 0 Å². The zero-order valence-electron chi connectivity index (χ0n) is 9.24. The molecule has 17 heavy (non-hydrogen) atoms. The molecule has 0 saturated heterocycles. The van der Waals surface area contributed by atoms with Gasteiger partial charge in [-0.05, 0) is 35.0 Å². The number of hydrogen-bond donors (Lipinski definition) is 2. The van der Waals surface area contributed by atoms with Gasteiger partial charge in [-0.25, -0.2) is 0 Å². The lowest BCUT2D eigenvalue weighted by Gasteiger charge is -2.05. The van der Waals surface area contributed by atoms with Gasteiger partial charge >= 0.3 is 0 Å². The van der Waals surface area contributed by atoms with E-state index in [1.54, 1.807) is 0 Å². The summed E-state index contributed by atoms with van der Waals surface area (Å²) in [5.41, 5.74) is 6.00. The minimum absolute atomic E-state index is 0.0858. The summed E-state index contributed by atoms with van der Waals surface area (Å²) in [6, 6.07) is 11.6. The molecule has 0 heterocycles. The van der Waals surface area contributed by atoms with E-state index < -0.39 is 0 Å². The Hall–Kier alpha value is -1.39. The molecule has 2 rings (SSSR count). The molecule has 0 radical (unpaired) electrons. The molecule has 3 N–H and O–H groups in total. The fraction of sp³-hybridized carbons (Fsp3) is 0.154. The van der Waals surface area contributed by atoms with Crippen LogP contribution in [0.5, 0.6) is 0 Å². The normalized spacial score (nSPS) is 10.5. The second kappa shape index (κ2) is 5.29. The number of fused-ring (bicyclic) bond motifs is 1. The molecule has 4 heteroatoms. The third kappa shape index (κ3) is 2.84. The van der Waals surface area contributed by atoms with E-state index in [9.17, 15) is 4.79 Å². The average molecular weight is 293 g/mol. The Morgan fingerprint density at radius 2 is 1.94 bits per heavy atom. The van der Waals surface area contributed by atoms with Crippen molar-refractivity contribution >= 4 is 32.6 Å². The molecule has 0 saturated carbocycles. The molecule has 2 aromatic rings. The number of carbonyl (C=O) groups excluding carboxylic acids is 1. The van der Waals surface area contributed by atoms with Crippen LogP contribution in [0.1, 0.15) is 10.4 Å². The Labute approximate surface area is 108 Å². The van der Waals surface area contributed by atoms with Crippen molar-refractivity contribution in [2.24, 2.45) is 5.73 Å². The monoisotopic (exact) mass is 292 g/mol. The van der Waals surface area contributed by atoms with Crippen molar-refractivity contribution in [3.8, 4) is 0 Å². The highest BCUT2D eigenvalue weighted by Gasteiger charge is 2.05. The van der Waals surface area contributed by atoms with Crippen LogP contribution in [0.3, 0.4) is 0 Å². The van der Waals surface area contributed by atoms with Crippen LogP contribution in [-0.2, 0) is 0 Å². The molecule has 0 atom stereocenters. The fourth-order valence-corrected chi connectivity index (χ4v) is 2.03. The third-order valence-electron chi connectivity index (χ3n) is 2.49.